The van der Waals surface area contributed by atoms with Gasteiger partial charge in [0.2, 0.25) is 15.0 Å². The summed E-state index contributed by atoms with van der Waals surface area (Å²) in [5.41, 5.74) is 1.80. The van der Waals surface area contributed by atoms with Crippen molar-refractivity contribution in [3.63, 3.8) is 0 Å². The highest BCUT2D eigenvalue weighted by Gasteiger charge is 2.26. The van der Waals surface area contributed by atoms with Gasteiger partial charge in [0.15, 0.2) is 0 Å². The molecule has 3 rings (SSSR count). The monoisotopic (exact) mass is 389 g/mol. The molecule has 1 aliphatic heterocycles. The van der Waals surface area contributed by atoms with Gasteiger partial charge in [-0.2, -0.15) is 0 Å². The fraction of sp³-hybridized carbons (Fsp3) is 0.571. The molecule has 0 amide bonds. The summed E-state index contributed by atoms with van der Waals surface area (Å²) in [5, 5.41) is 0.208. The summed E-state index contributed by atoms with van der Waals surface area (Å²) in [4.78, 5) is 6.83. The van der Waals surface area contributed by atoms with Crippen molar-refractivity contribution >= 4 is 9.84 Å². The number of hydrogen-bond donors (Lipinski definition) is 0. The van der Waals surface area contributed by atoms with Crippen LogP contribution < -0.4 is 0 Å². The maximum absolute atomic E-state index is 13.1. The molecule has 1 fully saturated rings. The zero-order valence-electron chi connectivity index (χ0n) is 16.6. The van der Waals surface area contributed by atoms with E-state index in [4.69, 9.17) is 0 Å². The molecular weight excluding hydrogens is 358 g/mol. The molecule has 1 aromatic heterocycles. The summed E-state index contributed by atoms with van der Waals surface area (Å²) < 4.78 is 28.1. The topological polar surface area (TPSA) is 55.2 Å². The van der Waals surface area contributed by atoms with E-state index in [0.717, 1.165) is 24.3 Å². The van der Waals surface area contributed by atoms with Gasteiger partial charge in [0, 0.05) is 19.1 Å². The normalized spacial score (nSPS) is 18.9. The standard InChI is InChI=1S/C21H31N3O2S/c1-17(2)14-24-20(15-23-12-8-7-9-18(23)3)13-22-21(24)27(25,26)16-19-10-5-4-6-11-19/h4-6,10-11,13,17-18H,7-9,12,14-16H2,1-3H3/t18-/m1/s1. The molecule has 1 atom stereocenters. The van der Waals surface area contributed by atoms with Crippen LogP contribution in [0.15, 0.2) is 41.7 Å². The van der Waals surface area contributed by atoms with Gasteiger partial charge in [-0.1, -0.05) is 50.6 Å². The fourth-order valence-electron chi connectivity index (χ4n) is 3.79. The number of sulfone groups is 1. The zero-order valence-corrected chi connectivity index (χ0v) is 17.5. The Morgan fingerprint density at radius 1 is 1.19 bits per heavy atom. The smallest absolute Gasteiger partial charge is 0.228 e. The summed E-state index contributed by atoms with van der Waals surface area (Å²) >= 11 is 0. The van der Waals surface area contributed by atoms with E-state index in [1.54, 1.807) is 6.20 Å². The van der Waals surface area contributed by atoms with Gasteiger partial charge in [-0.15, -0.1) is 0 Å². The van der Waals surface area contributed by atoms with Gasteiger partial charge in [0.05, 0.1) is 17.6 Å². The highest BCUT2D eigenvalue weighted by atomic mass is 32.2. The summed E-state index contributed by atoms with van der Waals surface area (Å²) in [6.45, 7) is 8.99. The molecule has 0 N–H and O–H groups in total. The number of piperidine rings is 1. The average molecular weight is 390 g/mol. The van der Waals surface area contributed by atoms with E-state index in [1.807, 2.05) is 34.9 Å². The lowest BCUT2D eigenvalue weighted by Crippen LogP contribution is -2.37. The number of rotatable bonds is 7. The van der Waals surface area contributed by atoms with E-state index in [9.17, 15) is 8.42 Å². The van der Waals surface area contributed by atoms with Crippen molar-refractivity contribution in [3.05, 3.63) is 47.8 Å². The lowest BCUT2D eigenvalue weighted by atomic mass is 10.0. The maximum atomic E-state index is 13.1. The summed E-state index contributed by atoms with van der Waals surface area (Å²) in [7, 11) is -3.49. The second-order valence-corrected chi connectivity index (χ2v) is 9.98. The molecule has 1 aromatic carbocycles. The Balaban J connectivity index is 1.89. The van der Waals surface area contributed by atoms with Gasteiger partial charge in [-0.3, -0.25) is 4.90 Å². The first-order valence-electron chi connectivity index (χ1n) is 9.92. The Hall–Kier alpha value is -1.66. The van der Waals surface area contributed by atoms with Crippen molar-refractivity contribution < 1.29 is 8.42 Å². The Kier molecular flexibility index (Phi) is 6.37. The molecule has 0 radical (unpaired) electrons. The first-order chi connectivity index (χ1) is 12.9. The highest BCUT2D eigenvalue weighted by Crippen LogP contribution is 2.23. The molecule has 5 nitrogen and oxygen atoms in total. The van der Waals surface area contributed by atoms with Crippen LogP contribution in [-0.4, -0.2) is 35.5 Å². The quantitative estimate of drug-likeness (QED) is 0.721. The van der Waals surface area contributed by atoms with Crippen molar-refractivity contribution in [2.45, 2.75) is 70.1 Å². The largest absolute Gasteiger partial charge is 0.317 e. The predicted molar refractivity (Wildman–Crippen MR) is 108 cm³/mol. The molecule has 1 aliphatic rings. The molecule has 0 saturated carbocycles. The number of imidazole rings is 1. The van der Waals surface area contributed by atoms with Crippen LogP contribution in [0.4, 0.5) is 0 Å². The Morgan fingerprint density at radius 2 is 1.93 bits per heavy atom. The lowest BCUT2D eigenvalue weighted by molar-refractivity contribution is 0.148. The SMILES string of the molecule is CC(C)Cn1c(CN2CCCC[C@H]2C)cnc1S(=O)(=O)Cc1ccccc1. The fourth-order valence-corrected chi connectivity index (χ4v) is 5.29. The summed E-state index contributed by atoms with van der Waals surface area (Å²) in [5.74, 6) is 0.338. The van der Waals surface area contributed by atoms with Gasteiger partial charge in [0.1, 0.15) is 0 Å². The van der Waals surface area contributed by atoms with Gasteiger partial charge in [0.25, 0.3) is 0 Å². The van der Waals surface area contributed by atoms with Crippen molar-refractivity contribution in [3.8, 4) is 0 Å². The molecule has 1 saturated heterocycles. The second kappa shape index (κ2) is 8.57. The van der Waals surface area contributed by atoms with E-state index >= 15 is 0 Å². The van der Waals surface area contributed by atoms with Gasteiger partial charge >= 0.3 is 0 Å². The summed E-state index contributed by atoms with van der Waals surface area (Å²) in [6.07, 6.45) is 5.46. The van der Waals surface area contributed by atoms with Crippen molar-refractivity contribution in [1.82, 2.24) is 14.5 Å². The Morgan fingerprint density at radius 3 is 2.59 bits per heavy atom. The molecule has 0 bridgehead atoms. The number of likely N-dealkylation sites (tertiary alicyclic amines) is 1. The van der Waals surface area contributed by atoms with Crippen LogP contribution >= 0.6 is 0 Å². The van der Waals surface area contributed by atoms with Crippen LogP contribution in [0.2, 0.25) is 0 Å². The molecule has 2 aromatic rings. The third-order valence-electron chi connectivity index (χ3n) is 5.23. The minimum absolute atomic E-state index is 0.0114. The molecule has 0 unspecified atom stereocenters. The highest BCUT2D eigenvalue weighted by molar-refractivity contribution is 7.90. The summed E-state index contributed by atoms with van der Waals surface area (Å²) in [6, 6.07) is 9.87. The zero-order chi connectivity index (χ0) is 19.4. The van der Waals surface area contributed by atoms with Gasteiger partial charge < -0.3 is 4.57 Å². The van der Waals surface area contributed by atoms with Gasteiger partial charge in [-0.25, -0.2) is 13.4 Å². The van der Waals surface area contributed by atoms with Crippen molar-refractivity contribution in [2.75, 3.05) is 6.54 Å². The Bertz CT molecular complexity index is 844. The first kappa shape index (κ1) is 20.1. The first-order valence-corrected chi connectivity index (χ1v) is 11.6. The molecule has 0 spiro atoms. The molecule has 27 heavy (non-hydrogen) atoms. The lowest BCUT2D eigenvalue weighted by Gasteiger charge is -2.33. The predicted octanol–water partition coefficient (Wildman–Crippen LogP) is 3.89. The molecule has 2 heterocycles. The van der Waals surface area contributed by atoms with E-state index in [2.05, 4.69) is 30.7 Å². The van der Waals surface area contributed by atoms with Gasteiger partial charge in [-0.05, 0) is 37.8 Å². The minimum Gasteiger partial charge on any atom is -0.317 e. The van der Waals surface area contributed by atoms with Crippen LogP contribution in [0, 0.1) is 5.92 Å². The van der Waals surface area contributed by atoms with Crippen LogP contribution in [0.25, 0.3) is 0 Å². The van der Waals surface area contributed by atoms with E-state index in [-0.39, 0.29) is 10.9 Å². The van der Waals surface area contributed by atoms with E-state index in [0.29, 0.717) is 18.5 Å². The molecular formula is C21H31N3O2S. The van der Waals surface area contributed by atoms with E-state index in [1.165, 1.54) is 19.3 Å². The van der Waals surface area contributed by atoms with Crippen molar-refractivity contribution in [2.24, 2.45) is 5.92 Å². The number of hydrogen-bond acceptors (Lipinski definition) is 4. The number of benzene rings is 1. The average Bonchev–Trinajstić information content (AvgIpc) is 3.00. The van der Waals surface area contributed by atoms with Crippen LogP contribution in [-0.2, 0) is 28.7 Å². The molecule has 6 heteroatoms. The maximum Gasteiger partial charge on any atom is 0.228 e. The van der Waals surface area contributed by atoms with Crippen LogP contribution in [0.3, 0.4) is 0 Å². The number of aromatic nitrogens is 2. The molecule has 0 aliphatic carbocycles. The third-order valence-corrected chi connectivity index (χ3v) is 6.83. The van der Waals surface area contributed by atoms with Crippen molar-refractivity contribution in [1.29, 1.82) is 0 Å². The third kappa shape index (κ3) is 4.99. The molecule has 148 valence electrons. The minimum atomic E-state index is -3.49. The second-order valence-electron chi connectivity index (χ2n) is 8.10. The van der Waals surface area contributed by atoms with E-state index < -0.39 is 9.84 Å². The van der Waals surface area contributed by atoms with Crippen LogP contribution in [0.1, 0.15) is 51.3 Å². The van der Waals surface area contributed by atoms with Crippen LogP contribution in [0.5, 0.6) is 0 Å². The number of nitrogens with zero attached hydrogens (tertiary/aromatic N) is 3. The Labute approximate surface area is 163 Å².